The van der Waals surface area contributed by atoms with E-state index in [9.17, 15) is 4.79 Å². The number of benzene rings is 1. The average molecular weight is 388 g/mol. The molecule has 0 radical (unpaired) electrons. The van der Waals surface area contributed by atoms with Crippen molar-refractivity contribution < 1.29 is 4.79 Å². The van der Waals surface area contributed by atoms with E-state index >= 15 is 0 Å². The van der Waals surface area contributed by atoms with E-state index in [1.165, 1.54) is 5.56 Å². The van der Waals surface area contributed by atoms with Crippen LogP contribution in [0.5, 0.6) is 0 Å². The monoisotopic (exact) mass is 388 g/mol. The highest BCUT2D eigenvalue weighted by Crippen LogP contribution is 2.14. The molecule has 1 aliphatic rings. The molecule has 4 rings (SSSR count). The minimum atomic E-state index is -0.0144. The topological polar surface area (TPSA) is 74.2 Å². The van der Waals surface area contributed by atoms with Crippen LogP contribution in [-0.2, 0) is 6.54 Å². The van der Waals surface area contributed by atoms with Gasteiger partial charge in [0.05, 0.1) is 5.56 Å². The summed E-state index contributed by atoms with van der Waals surface area (Å²) in [5, 5.41) is 3.13. The lowest BCUT2D eigenvalue weighted by molar-refractivity contribution is 0.0760. The molecule has 0 atom stereocenters. The summed E-state index contributed by atoms with van der Waals surface area (Å²) in [5.41, 5.74) is 2.62. The highest BCUT2D eigenvalue weighted by Gasteiger charge is 2.21. The van der Waals surface area contributed by atoms with Gasteiger partial charge < -0.3 is 10.2 Å². The Bertz CT molecular complexity index is 917. The minimum absolute atomic E-state index is 0.0144. The van der Waals surface area contributed by atoms with Crippen LogP contribution in [0.3, 0.4) is 0 Å². The molecule has 1 N–H and O–H groups in total. The Morgan fingerprint density at radius 2 is 1.76 bits per heavy atom. The number of anilines is 2. The van der Waals surface area contributed by atoms with Gasteiger partial charge in [-0.25, -0.2) is 9.97 Å². The predicted molar refractivity (Wildman–Crippen MR) is 112 cm³/mol. The number of amides is 1. The fourth-order valence-electron chi connectivity index (χ4n) is 3.42. The third-order valence-electron chi connectivity index (χ3n) is 4.93. The van der Waals surface area contributed by atoms with Crippen molar-refractivity contribution in [2.45, 2.75) is 13.0 Å². The van der Waals surface area contributed by atoms with Crippen molar-refractivity contribution in [2.75, 3.05) is 31.5 Å². The molecular formula is C22H24N6O. The van der Waals surface area contributed by atoms with E-state index in [1.807, 2.05) is 47.5 Å². The van der Waals surface area contributed by atoms with Crippen LogP contribution in [0.1, 0.15) is 22.3 Å². The van der Waals surface area contributed by atoms with Crippen molar-refractivity contribution in [1.29, 1.82) is 0 Å². The molecule has 1 fully saturated rings. The van der Waals surface area contributed by atoms with Crippen LogP contribution >= 0.6 is 0 Å². The van der Waals surface area contributed by atoms with E-state index in [4.69, 9.17) is 0 Å². The summed E-state index contributed by atoms with van der Waals surface area (Å²) >= 11 is 0. The van der Waals surface area contributed by atoms with E-state index in [0.29, 0.717) is 18.1 Å². The Morgan fingerprint density at radius 1 is 0.931 bits per heavy atom. The molecule has 1 aliphatic heterocycles. The molecule has 1 saturated heterocycles. The Kier molecular flexibility index (Phi) is 6.07. The van der Waals surface area contributed by atoms with Gasteiger partial charge in [-0.15, -0.1) is 0 Å². The second-order valence-corrected chi connectivity index (χ2v) is 7.07. The summed E-state index contributed by atoms with van der Waals surface area (Å²) in [4.78, 5) is 29.9. The molecule has 3 aromatic rings. The molecule has 148 valence electrons. The molecule has 7 heteroatoms. The van der Waals surface area contributed by atoms with Crippen LogP contribution < -0.4 is 5.32 Å². The van der Waals surface area contributed by atoms with Gasteiger partial charge in [-0.05, 0) is 30.2 Å². The van der Waals surface area contributed by atoms with Crippen molar-refractivity contribution in [1.82, 2.24) is 24.8 Å². The second kappa shape index (κ2) is 9.25. The lowest BCUT2D eigenvalue weighted by Gasteiger charge is -2.22. The van der Waals surface area contributed by atoms with Gasteiger partial charge in [0.2, 0.25) is 5.95 Å². The first-order valence-corrected chi connectivity index (χ1v) is 9.82. The van der Waals surface area contributed by atoms with Gasteiger partial charge in [0.15, 0.2) is 0 Å². The Balaban J connectivity index is 1.34. The van der Waals surface area contributed by atoms with Gasteiger partial charge in [0, 0.05) is 63.2 Å². The quantitative estimate of drug-likeness (QED) is 0.724. The van der Waals surface area contributed by atoms with Gasteiger partial charge in [0.1, 0.15) is 0 Å². The molecule has 3 heterocycles. The highest BCUT2D eigenvalue weighted by molar-refractivity contribution is 5.93. The molecule has 29 heavy (non-hydrogen) atoms. The standard InChI is InChI=1S/C22H24N6O/c29-21(19-15-24-22(25-16-19)26-20-7-2-1-3-8-20)28-11-5-10-27(12-13-28)17-18-6-4-9-23-14-18/h1-4,6-9,14-16H,5,10-13,17H2,(H,24,25,26). The summed E-state index contributed by atoms with van der Waals surface area (Å²) < 4.78 is 0. The van der Waals surface area contributed by atoms with Crippen LogP contribution in [0.25, 0.3) is 0 Å². The highest BCUT2D eigenvalue weighted by atomic mass is 16.2. The summed E-state index contributed by atoms with van der Waals surface area (Å²) in [7, 11) is 0. The number of pyridine rings is 1. The molecule has 0 aliphatic carbocycles. The van der Waals surface area contributed by atoms with E-state index in [2.05, 4.69) is 31.2 Å². The van der Waals surface area contributed by atoms with Crippen LogP contribution in [0.2, 0.25) is 0 Å². The number of para-hydroxylation sites is 1. The maximum absolute atomic E-state index is 12.9. The lowest BCUT2D eigenvalue weighted by Crippen LogP contribution is -2.35. The number of nitrogens with zero attached hydrogens (tertiary/aromatic N) is 5. The molecule has 0 spiro atoms. The third kappa shape index (κ3) is 5.14. The number of nitrogens with one attached hydrogen (secondary N) is 1. The van der Waals surface area contributed by atoms with Crippen molar-refractivity contribution in [3.05, 3.63) is 78.4 Å². The van der Waals surface area contributed by atoms with Gasteiger partial charge in [-0.3, -0.25) is 14.7 Å². The first-order valence-electron chi connectivity index (χ1n) is 9.82. The first-order chi connectivity index (χ1) is 14.3. The molecule has 0 bridgehead atoms. The van der Waals surface area contributed by atoms with E-state index in [0.717, 1.165) is 38.3 Å². The lowest BCUT2D eigenvalue weighted by atomic mass is 10.2. The summed E-state index contributed by atoms with van der Waals surface area (Å²) in [6, 6.07) is 13.8. The van der Waals surface area contributed by atoms with Crippen LogP contribution in [0.4, 0.5) is 11.6 Å². The molecule has 0 saturated carbocycles. The number of hydrogen-bond donors (Lipinski definition) is 1. The Morgan fingerprint density at radius 3 is 2.52 bits per heavy atom. The van der Waals surface area contributed by atoms with Crippen LogP contribution in [-0.4, -0.2) is 56.8 Å². The van der Waals surface area contributed by atoms with E-state index in [1.54, 1.807) is 18.6 Å². The van der Waals surface area contributed by atoms with Gasteiger partial charge in [0.25, 0.3) is 5.91 Å². The van der Waals surface area contributed by atoms with Gasteiger partial charge >= 0.3 is 0 Å². The largest absolute Gasteiger partial charge is 0.337 e. The van der Waals surface area contributed by atoms with Crippen molar-refractivity contribution >= 4 is 17.5 Å². The Labute approximate surface area is 170 Å². The van der Waals surface area contributed by atoms with Crippen LogP contribution in [0.15, 0.2) is 67.3 Å². The molecular weight excluding hydrogens is 364 g/mol. The Hall–Kier alpha value is -3.32. The second-order valence-electron chi connectivity index (χ2n) is 7.07. The van der Waals surface area contributed by atoms with Gasteiger partial charge in [-0.2, -0.15) is 0 Å². The number of carbonyl (C=O) groups excluding carboxylic acids is 1. The van der Waals surface area contributed by atoms with Crippen LogP contribution in [0, 0.1) is 0 Å². The molecule has 0 unspecified atom stereocenters. The zero-order chi connectivity index (χ0) is 19.9. The summed E-state index contributed by atoms with van der Waals surface area (Å²) in [6.45, 7) is 4.11. The summed E-state index contributed by atoms with van der Waals surface area (Å²) in [5.74, 6) is 0.464. The van der Waals surface area contributed by atoms with E-state index < -0.39 is 0 Å². The molecule has 1 amide bonds. The molecule has 7 nitrogen and oxygen atoms in total. The van der Waals surface area contributed by atoms with Crippen molar-refractivity contribution in [3.8, 4) is 0 Å². The number of rotatable bonds is 5. The fraction of sp³-hybridized carbons (Fsp3) is 0.273. The zero-order valence-corrected chi connectivity index (χ0v) is 16.2. The number of carbonyl (C=O) groups is 1. The number of aromatic nitrogens is 3. The molecule has 2 aromatic heterocycles. The number of hydrogen-bond acceptors (Lipinski definition) is 6. The maximum atomic E-state index is 12.9. The minimum Gasteiger partial charge on any atom is -0.337 e. The average Bonchev–Trinajstić information content (AvgIpc) is 3.01. The fourth-order valence-corrected chi connectivity index (χ4v) is 3.42. The normalized spacial score (nSPS) is 15.0. The zero-order valence-electron chi connectivity index (χ0n) is 16.2. The van der Waals surface area contributed by atoms with Gasteiger partial charge in [-0.1, -0.05) is 24.3 Å². The smallest absolute Gasteiger partial charge is 0.257 e. The molecule has 1 aromatic carbocycles. The van der Waals surface area contributed by atoms with Crippen molar-refractivity contribution in [2.24, 2.45) is 0 Å². The maximum Gasteiger partial charge on any atom is 0.257 e. The third-order valence-corrected chi connectivity index (χ3v) is 4.93. The SMILES string of the molecule is O=C(c1cnc(Nc2ccccc2)nc1)N1CCCN(Cc2cccnc2)CC1. The summed E-state index contributed by atoms with van der Waals surface area (Å²) in [6.07, 6.45) is 7.82. The first kappa shape index (κ1) is 19.0. The van der Waals surface area contributed by atoms with E-state index in [-0.39, 0.29) is 5.91 Å². The predicted octanol–water partition coefficient (Wildman–Crippen LogP) is 2.96. The van der Waals surface area contributed by atoms with Crippen molar-refractivity contribution in [3.63, 3.8) is 0 Å².